The van der Waals surface area contributed by atoms with E-state index in [-0.39, 0.29) is 17.5 Å². The number of amides is 1. The molecule has 2 fully saturated rings. The van der Waals surface area contributed by atoms with E-state index in [0.717, 1.165) is 34.1 Å². The predicted octanol–water partition coefficient (Wildman–Crippen LogP) is 4.25. The molecule has 0 spiro atoms. The molecule has 1 aliphatic heterocycles. The van der Waals surface area contributed by atoms with Crippen molar-refractivity contribution in [2.75, 3.05) is 13.1 Å². The molecule has 34 heavy (non-hydrogen) atoms. The number of fused-ring (bicyclic) bond motifs is 1. The number of furan rings is 1. The van der Waals surface area contributed by atoms with Gasteiger partial charge in [-0.2, -0.15) is 5.10 Å². The lowest BCUT2D eigenvalue weighted by atomic mass is 10.0. The van der Waals surface area contributed by atoms with Crippen LogP contribution in [0.1, 0.15) is 19.8 Å². The number of rotatable bonds is 5. The Labute approximate surface area is 195 Å². The van der Waals surface area contributed by atoms with Crippen LogP contribution in [0.3, 0.4) is 0 Å². The molecule has 3 atom stereocenters. The summed E-state index contributed by atoms with van der Waals surface area (Å²) in [6.07, 6.45) is 2.77. The van der Waals surface area contributed by atoms with E-state index in [1.165, 1.54) is 6.92 Å². The number of nitrogens with zero attached hydrogens (tertiary/aromatic N) is 3. The maximum atomic E-state index is 13.9. The van der Waals surface area contributed by atoms with Crippen LogP contribution in [-0.2, 0) is 11.3 Å². The second-order valence-electron chi connectivity index (χ2n) is 9.69. The predicted molar refractivity (Wildman–Crippen MR) is 126 cm³/mol. The number of hydrogen-bond acceptors (Lipinski definition) is 4. The fraction of sp³-hybridized carbons (Fsp3) is 0.346. The number of hydrogen-bond donors (Lipinski definition) is 1. The van der Waals surface area contributed by atoms with E-state index in [2.05, 4.69) is 16.3 Å². The topological polar surface area (TPSA) is 84.1 Å². The van der Waals surface area contributed by atoms with Crippen LogP contribution in [0.4, 0.5) is 4.39 Å². The number of likely N-dealkylation sites (tertiary alicyclic amines) is 1. The Kier molecular flexibility index (Phi) is 4.72. The zero-order valence-corrected chi connectivity index (χ0v) is 18.8. The van der Waals surface area contributed by atoms with Crippen molar-refractivity contribution in [3.8, 4) is 22.5 Å². The molecule has 1 N–H and O–H groups in total. The first-order valence-corrected chi connectivity index (χ1v) is 11.6. The number of alkyl halides is 1. The number of carbonyl (C=O) groups is 1. The summed E-state index contributed by atoms with van der Waals surface area (Å²) in [6, 6.07) is 15.9. The van der Waals surface area contributed by atoms with Gasteiger partial charge in [-0.1, -0.05) is 30.3 Å². The first-order chi connectivity index (χ1) is 16.4. The molecule has 2 aromatic heterocycles. The van der Waals surface area contributed by atoms with E-state index in [9.17, 15) is 14.0 Å². The fourth-order valence-electron chi connectivity index (χ4n) is 5.01. The van der Waals surface area contributed by atoms with Crippen molar-refractivity contribution >= 4 is 16.9 Å². The van der Waals surface area contributed by atoms with Gasteiger partial charge in [0, 0.05) is 30.6 Å². The fourth-order valence-corrected chi connectivity index (χ4v) is 5.01. The molecule has 4 aromatic rings. The molecule has 3 heterocycles. The number of aromatic nitrogens is 3. The highest BCUT2D eigenvalue weighted by molar-refractivity contribution is 5.84. The van der Waals surface area contributed by atoms with Crippen LogP contribution in [0.15, 0.2) is 64.0 Å². The number of aromatic amines is 1. The molecule has 8 heteroatoms. The van der Waals surface area contributed by atoms with E-state index < -0.39 is 11.6 Å². The summed E-state index contributed by atoms with van der Waals surface area (Å²) < 4.78 is 21.0. The maximum Gasteiger partial charge on any atom is 0.343 e. The van der Waals surface area contributed by atoms with Crippen molar-refractivity contribution in [3.05, 3.63) is 65.3 Å². The minimum Gasteiger partial charge on any atom is -0.464 e. The number of H-pyrrole nitrogens is 1. The molecule has 1 saturated heterocycles. The second kappa shape index (κ2) is 7.68. The van der Waals surface area contributed by atoms with E-state index in [0.29, 0.717) is 31.9 Å². The van der Waals surface area contributed by atoms with Crippen molar-refractivity contribution in [2.45, 2.75) is 32.0 Å². The lowest BCUT2D eigenvalue weighted by Gasteiger charge is -2.17. The number of halogens is 1. The average Bonchev–Trinajstić information content (AvgIpc) is 3.29. The van der Waals surface area contributed by atoms with Gasteiger partial charge in [0.25, 0.3) is 0 Å². The van der Waals surface area contributed by atoms with Gasteiger partial charge < -0.3 is 9.32 Å². The standard InChI is InChI=1S/C26H25FN4O3/c1-26(27)13-21(26)24(32)30-10-8-16(14-30)15-31-23(28-29-25(31)33)18-4-2-17(3-5-18)19-6-7-22-20(12-19)9-11-34-22/h2-7,9,11-12,16,21H,8,10,13-15H2,1H3,(H,29,33). The van der Waals surface area contributed by atoms with E-state index in [4.69, 9.17) is 4.42 Å². The summed E-state index contributed by atoms with van der Waals surface area (Å²) in [4.78, 5) is 26.8. The molecule has 1 saturated carbocycles. The summed E-state index contributed by atoms with van der Waals surface area (Å²) in [5.41, 5.74) is 2.19. The van der Waals surface area contributed by atoms with Gasteiger partial charge in [0.1, 0.15) is 11.3 Å². The molecule has 1 amide bonds. The van der Waals surface area contributed by atoms with E-state index >= 15 is 0 Å². The van der Waals surface area contributed by atoms with Gasteiger partial charge in [-0.15, -0.1) is 0 Å². The molecule has 6 rings (SSSR count). The SMILES string of the molecule is CC1(F)CC1C(=O)N1CCC(Cn2c(-c3ccc(-c4ccc5occc5c4)cc3)n[nH]c2=O)C1. The number of nitrogens with one attached hydrogen (secondary N) is 1. The summed E-state index contributed by atoms with van der Waals surface area (Å²) in [5.74, 6) is 0.0939. The van der Waals surface area contributed by atoms with Gasteiger partial charge in [-0.25, -0.2) is 14.3 Å². The molecular weight excluding hydrogens is 435 g/mol. The van der Waals surface area contributed by atoms with Crippen molar-refractivity contribution in [3.63, 3.8) is 0 Å². The van der Waals surface area contributed by atoms with Crippen LogP contribution >= 0.6 is 0 Å². The minimum absolute atomic E-state index is 0.100. The number of benzene rings is 2. The first-order valence-electron chi connectivity index (χ1n) is 11.6. The minimum atomic E-state index is -1.36. The molecule has 2 aliphatic rings. The van der Waals surface area contributed by atoms with Gasteiger partial charge in [0.15, 0.2) is 5.82 Å². The highest BCUT2D eigenvalue weighted by Crippen LogP contribution is 2.48. The van der Waals surface area contributed by atoms with Gasteiger partial charge in [0.2, 0.25) is 5.91 Å². The normalized spacial score (nSPS) is 24.1. The van der Waals surface area contributed by atoms with Crippen LogP contribution < -0.4 is 5.69 Å². The zero-order chi connectivity index (χ0) is 23.4. The molecule has 2 aromatic carbocycles. The van der Waals surface area contributed by atoms with E-state index in [1.54, 1.807) is 15.7 Å². The summed E-state index contributed by atoms with van der Waals surface area (Å²) in [6.45, 7) is 3.10. The Morgan fingerprint density at radius 1 is 1.18 bits per heavy atom. The van der Waals surface area contributed by atoms with Crippen molar-refractivity contribution in [2.24, 2.45) is 11.8 Å². The highest BCUT2D eigenvalue weighted by atomic mass is 19.1. The van der Waals surface area contributed by atoms with Crippen molar-refractivity contribution in [1.29, 1.82) is 0 Å². The molecule has 0 bridgehead atoms. The summed E-state index contributed by atoms with van der Waals surface area (Å²) in [5, 5.41) is 7.87. The summed E-state index contributed by atoms with van der Waals surface area (Å²) in [7, 11) is 0. The maximum absolute atomic E-state index is 13.9. The Morgan fingerprint density at radius 2 is 1.91 bits per heavy atom. The smallest absolute Gasteiger partial charge is 0.343 e. The van der Waals surface area contributed by atoms with Crippen molar-refractivity contribution < 1.29 is 13.6 Å². The molecule has 1 aliphatic carbocycles. The molecule has 3 unspecified atom stereocenters. The number of carbonyl (C=O) groups excluding carboxylic acids is 1. The largest absolute Gasteiger partial charge is 0.464 e. The summed E-state index contributed by atoms with van der Waals surface area (Å²) >= 11 is 0. The zero-order valence-electron chi connectivity index (χ0n) is 18.8. The third kappa shape index (κ3) is 3.63. The van der Waals surface area contributed by atoms with Crippen LogP contribution in [0, 0.1) is 11.8 Å². The lowest BCUT2D eigenvalue weighted by molar-refractivity contribution is -0.132. The Morgan fingerprint density at radius 3 is 2.68 bits per heavy atom. The van der Waals surface area contributed by atoms with Crippen molar-refractivity contribution in [1.82, 2.24) is 19.7 Å². The lowest BCUT2D eigenvalue weighted by Crippen LogP contribution is -2.32. The average molecular weight is 461 g/mol. The molecule has 7 nitrogen and oxygen atoms in total. The monoisotopic (exact) mass is 460 g/mol. The Hall–Kier alpha value is -3.68. The van der Waals surface area contributed by atoms with Gasteiger partial charge in [0.05, 0.1) is 12.2 Å². The van der Waals surface area contributed by atoms with E-state index in [1.807, 2.05) is 42.5 Å². The quantitative estimate of drug-likeness (QED) is 0.483. The Balaban J connectivity index is 1.19. The third-order valence-corrected chi connectivity index (χ3v) is 7.19. The second-order valence-corrected chi connectivity index (χ2v) is 9.69. The third-order valence-electron chi connectivity index (χ3n) is 7.19. The molecule has 0 radical (unpaired) electrons. The van der Waals surface area contributed by atoms with Gasteiger partial charge in [-0.3, -0.25) is 9.36 Å². The first kappa shape index (κ1) is 20.9. The highest BCUT2D eigenvalue weighted by Gasteiger charge is 2.57. The molecular formula is C26H25FN4O3. The van der Waals surface area contributed by atoms with Crippen LogP contribution in [0.25, 0.3) is 33.5 Å². The molecule has 174 valence electrons. The van der Waals surface area contributed by atoms with Crippen LogP contribution in [0.2, 0.25) is 0 Å². The van der Waals surface area contributed by atoms with Gasteiger partial charge >= 0.3 is 5.69 Å². The Bertz CT molecular complexity index is 1430. The van der Waals surface area contributed by atoms with Gasteiger partial charge in [-0.05, 0) is 55.0 Å². The van der Waals surface area contributed by atoms with Crippen LogP contribution in [-0.4, -0.2) is 44.3 Å². The van der Waals surface area contributed by atoms with Crippen LogP contribution in [0.5, 0.6) is 0 Å².